The van der Waals surface area contributed by atoms with E-state index in [9.17, 15) is 8.42 Å². The molecule has 144 valence electrons. The average Bonchev–Trinajstić information content (AvgIpc) is 3.10. The molecule has 1 unspecified atom stereocenters. The van der Waals surface area contributed by atoms with Gasteiger partial charge >= 0.3 is 0 Å². The van der Waals surface area contributed by atoms with Crippen LogP contribution in [0.1, 0.15) is 46.1 Å². The Bertz CT molecular complexity index is 804. The van der Waals surface area contributed by atoms with Crippen molar-refractivity contribution in [2.45, 2.75) is 70.9 Å². The number of sulfonamides is 1. The molecule has 2 aliphatic carbocycles. The second-order valence-corrected chi connectivity index (χ2v) is 10.6. The van der Waals surface area contributed by atoms with Crippen LogP contribution in [0.4, 0.5) is 0 Å². The van der Waals surface area contributed by atoms with E-state index in [0.29, 0.717) is 11.5 Å². The van der Waals surface area contributed by atoms with E-state index in [-0.39, 0.29) is 28.9 Å². The van der Waals surface area contributed by atoms with Gasteiger partial charge in [-0.2, -0.15) is 0 Å². The summed E-state index contributed by atoms with van der Waals surface area (Å²) in [6.07, 6.45) is 1.15. The lowest BCUT2D eigenvalue weighted by Gasteiger charge is -2.38. The van der Waals surface area contributed by atoms with Crippen LogP contribution >= 0.6 is 0 Å². The summed E-state index contributed by atoms with van der Waals surface area (Å²) in [5.41, 5.74) is 1.05. The van der Waals surface area contributed by atoms with Crippen molar-refractivity contribution in [2.75, 3.05) is 6.61 Å². The largest absolute Gasteiger partial charge is 0.339 e. The summed E-state index contributed by atoms with van der Waals surface area (Å²) in [5.74, 6) is 0.281. The fraction of sp³-hybridized carbons (Fsp3) is 0.700. The molecule has 1 saturated heterocycles. The molecule has 3 fully saturated rings. The first kappa shape index (κ1) is 18.4. The summed E-state index contributed by atoms with van der Waals surface area (Å²) in [4.78, 5) is 0.308. The molecule has 5 nitrogen and oxygen atoms in total. The van der Waals surface area contributed by atoms with Crippen LogP contribution in [0.2, 0.25) is 0 Å². The number of rotatable bonds is 4. The fourth-order valence-corrected chi connectivity index (χ4v) is 7.12. The van der Waals surface area contributed by atoms with Crippen LogP contribution in [0.25, 0.3) is 0 Å². The van der Waals surface area contributed by atoms with Crippen LogP contribution in [0.5, 0.6) is 0 Å². The first-order chi connectivity index (χ1) is 12.1. The predicted octanol–water partition coefficient (Wildman–Crippen LogP) is 3.53. The number of hydrogen-bond acceptors (Lipinski definition) is 4. The normalized spacial score (nSPS) is 38.7. The Kier molecular flexibility index (Phi) is 4.09. The monoisotopic (exact) mass is 379 g/mol. The Hall–Kier alpha value is -0.950. The third-order valence-corrected chi connectivity index (χ3v) is 9.23. The van der Waals surface area contributed by atoms with E-state index >= 15 is 0 Å². The SMILES string of the molecule is CCOC1O[C@H]2[C@H]([C@H]3CC[C@]2(C)C3(C)C)N1S(=O)(=O)c1ccc(C)cc1. The van der Waals surface area contributed by atoms with Crippen molar-refractivity contribution in [3.8, 4) is 0 Å². The van der Waals surface area contributed by atoms with Crippen LogP contribution < -0.4 is 0 Å². The van der Waals surface area contributed by atoms with Gasteiger partial charge in [0.05, 0.1) is 17.0 Å². The third-order valence-electron chi connectivity index (χ3n) is 7.39. The van der Waals surface area contributed by atoms with Gasteiger partial charge in [-0.25, -0.2) is 8.42 Å². The molecular weight excluding hydrogens is 350 g/mol. The van der Waals surface area contributed by atoms with E-state index in [1.54, 1.807) is 12.1 Å². The molecular formula is C20H29NO4S. The molecule has 4 rings (SSSR count). The first-order valence-electron chi connectivity index (χ1n) is 9.52. The summed E-state index contributed by atoms with van der Waals surface area (Å²) >= 11 is 0. The molecule has 0 N–H and O–H groups in total. The minimum Gasteiger partial charge on any atom is -0.339 e. The molecule has 2 bridgehead atoms. The van der Waals surface area contributed by atoms with Gasteiger partial charge in [-0.05, 0) is 50.2 Å². The summed E-state index contributed by atoms with van der Waals surface area (Å²) in [7, 11) is -3.70. The summed E-state index contributed by atoms with van der Waals surface area (Å²) in [5, 5.41) is 0. The Morgan fingerprint density at radius 2 is 1.88 bits per heavy atom. The van der Waals surface area contributed by atoms with E-state index < -0.39 is 16.4 Å². The molecule has 0 radical (unpaired) electrons. The molecule has 26 heavy (non-hydrogen) atoms. The van der Waals surface area contributed by atoms with Crippen LogP contribution in [0, 0.1) is 23.7 Å². The van der Waals surface area contributed by atoms with E-state index in [4.69, 9.17) is 9.47 Å². The number of hydrogen-bond donors (Lipinski definition) is 0. The van der Waals surface area contributed by atoms with Gasteiger partial charge in [-0.1, -0.05) is 38.5 Å². The highest BCUT2D eigenvalue weighted by Crippen LogP contribution is 2.69. The number of fused-ring (bicyclic) bond motifs is 5. The lowest BCUT2D eigenvalue weighted by atomic mass is 9.70. The van der Waals surface area contributed by atoms with Gasteiger partial charge in [0.15, 0.2) is 0 Å². The van der Waals surface area contributed by atoms with Gasteiger partial charge in [0, 0.05) is 12.0 Å². The highest BCUT2D eigenvalue weighted by molar-refractivity contribution is 7.89. The quantitative estimate of drug-likeness (QED) is 0.803. The van der Waals surface area contributed by atoms with E-state index in [2.05, 4.69) is 20.8 Å². The zero-order chi connectivity index (χ0) is 18.9. The summed E-state index contributed by atoms with van der Waals surface area (Å²) in [6.45, 7) is 11.0. The maximum Gasteiger partial charge on any atom is 0.247 e. The minimum absolute atomic E-state index is 0.0325. The zero-order valence-electron chi connectivity index (χ0n) is 16.2. The van der Waals surface area contributed by atoms with Crippen LogP contribution in [-0.4, -0.2) is 37.9 Å². The lowest BCUT2D eigenvalue weighted by Crippen LogP contribution is -2.47. The van der Waals surface area contributed by atoms with Crippen molar-refractivity contribution in [1.29, 1.82) is 0 Å². The highest BCUT2D eigenvalue weighted by atomic mass is 32.2. The molecule has 6 heteroatoms. The third kappa shape index (κ3) is 2.22. The molecule has 3 aliphatic rings. The van der Waals surface area contributed by atoms with Gasteiger partial charge in [-0.3, -0.25) is 0 Å². The van der Waals surface area contributed by atoms with Crippen LogP contribution in [-0.2, 0) is 19.5 Å². The van der Waals surface area contributed by atoms with Crippen molar-refractivity contribution in [2.24, 2.45) is 16.7 Å². The molecule has 5 atom stereocenters. The molecule has 1 aromatic rings. The maximum absolute atomic E-state index is 13.5. The van der Waals surface area contributed by atoms with Gasteiger partial charge < -0.3 is 9.47 Å². The van der Waals surface area contributed by atoms with Crippen molar-refractivity contribution < 1.29 is 17.9 Å². The number of ether oxygens (including phenoxy) is 2. The molecule has 0 amide bonds. The lowest BCUT2D eigenvalue weighted by molar-refractivity contribution is -0.189. The topological polar surface area (TPSA) is 55.8 Å². The Morgan fingerprint density at radius 3 is 2.50 bits per heavy atom. The molecule has 0 aromatic heterocycles. The predicted molar refractivity (Wildman–Crippen MR) is 98.9 cm³/mol. The van der Waals surface area contributed by atoms with Crippen molar-refractivity contribution in [1.82, 2.24) is 4.31 Å². The second-order valence-electron chi connectivity index (χ2n) is 8.74. The van der Waals surface area contributed by atoms with Crippen LogP contribution in [0.15, 0.2) is 29.2 Å². The Morgan fingerprint density at radius 1 is 1.23 bits per heavy atom. The number of aryl methyl sites for hydroxylation is 1. The average molecular weight is 380 g/mol. The van der Waals surface area contributed by atoms with Gasteiger partial charge in [0.25, 0.3) is 0 Å². The number of nitrogens with zero attached hydrogens (tertiary/aromatic N) is 1. The van der Waals surface area contributed by atoms with Crippen LogP contribution in [0.3, 0.4) is 0 Å². The van der Waals surface area contributed by atoms with Crippen molar-refractivity contribution >= 4 is 10.0 Å². The minimum atomic E-state index is -3.70. The molecule has 0 spiro atoms. The second kappa shape index (κ2) is 5.77. The van der Waals surface area contributed by atoms with Crippen molar-refractivity contribution in [3.63, 3.8) is 0 Å². The highest BCUT2D eigenvalue weighted by Gasteiger charge is 2.73. The van der Waals surface area contributed by atoms with Gasteiger partial charge in [0.1, 0.15) is 0 Å². The summed E-state index contributed by atoms with van der Waals surface area (Å²) in [6, 6.07) is 6.88. The fourth-order valence-electron chi connectivity index (χ4n) is 5.48. The Labute approximate surface area is 156 Å². The maximum atomic E-state index is 13.5. The molecule has 1 heterocycles. The van der Waals surface area contributed by atoms with E-state index in [1.165, 1.54) is 4.31 Å². The van der Waals surface area contributed by atoms with Gasteiger partial charge in [0.2, 0.25) is 16.4 Å². The van der Waals surface area contributed by atoms with Crippen molar-refractivity contribution in [3.05, 3.63) is 29.8 Å². The standard InChI is InChI=1S/C20H29NO4S/c1-6-24-18-21(26(22,23)14-9-7-13(2)8-10-14)16-15-11-12-20(5,17(16)25-18)19(15,3)4/h7-10,15-18H,6,11-12H2,1-5H3/t15-,16+,17+,18?,20+/m1/s1. The molecule has 1 aliphatic heterocycles. The molecule has 1 aromatic carbocycles. The smallest absolute Gasteiger partial charge is 0.247 e. The van der Waals surface area contributed by atoms with E-state index in [1.807, 2.05) is 26.0 Å². The first-order valence-corrected chi connectivity index (χ1v) is 11.0. The zero-order valence-corrected chi connectivity index (χ0v) is 17.0. The summed E-state index contributed by atoms with van der Waals surface area (Å²) < 4.78 is 40.6. The van der Waals surface area contributed by atoms with Gasteiger partial charge in [-0.15, -0.1) is 4.31 Å². The molecule has 2 saturated carbocycles. The van der Waals surface area contributed by atoms with E-state index in [0.717, 1.165) is 18.4 Å². The Balaban J connectivity index is 1.79. The number of benzene rings is 1.